The zero-order chi connectivity index (χ0) is 6.85. The van der Waals surface area contributed by atoms with Crippen molar-refractivity contribution in [1.29, 1.82) is 0 Å². The Morgan fingerprint density at radius 3 is 2.67 bits per heavy atom. The molecule has 52 valence electrons. The molecule has 1 saturated heterocycles. The van der Waals surface area contributed by atoms with E-state index in [0.29, 0.717) is 13.0 Å². The van der Waals surface area contributed by atoms with Gasteiger partial charge in [-0.15, -0.1) is 0 Å². The Balaban J connectivity index is 2.51. The standard InChI is InChI=1S/C5H9NO3/c7-3-1-2-6-5(9)4(3)8/h3-4,7-8H,1-2H2,(H,6,9)/t3-,4+/m0/s1. The summed E-state index contributed by atoms with van der Waals surface area (Å²) in [5.74, 6) is -0.478. The van der Waals surface area contributed by atoms with Crippen LogP contribution in [0.15, 0.2) is 0 Å². The molecule has 0 spiro atoms. The fraction of sp³-hybridized carbons (Fsp3) is 0.800. The summed E-state index contributed by atoms with van der Waals surface area (Å²) in [4.78, 5) is 10.5. The Kier molecular flexibility index (Phi) is 1.68. The highest BCUT2D eigenvalue weighted by Crippen LogP contribution is 2.02. The van der Waals surface area contributed by atoms with Crippen molar-refractivity contribution in [2.45, 2.75) is 18.6 Å². The average Bonchev–Trinajstić information content (AvgIpc) is 1.83. The summed E-state index contributed by atoms with van der Waals surface area (Å²) < 4.78 is 0. The number of hydrogen-bond donors (Lipinski definition) is 3. The van der Waals surface area contributed by atoms with Crippen LogP contribution in [0, 0.1) is 0 Å². The number of nitrogens with one attached hydrogen (secondary N) is 1. The van der Waals surface area contributed by atoms with Crippen LogP contribution in [0.5, 0.6) is 0 Å². The van der Waals surface area contributed by atoms with E-state index in [9.17, 15) is 4.79 Å². The molecule has 4 heteroatoms. The predicted molar refractivity (Wildman–Crippen MR) is 29.6 cm³/mol. The summed E-state index contributed by atoms with van der Waals surface area (Å²) >= 11 is 0. The molecule has 1 heterocycles. The molecule has 1 amide bonds. The van der Waals surface area contributed by atoms with Crippen LogP contribution in [0.3, 0.4) is 0 Å². The normalized spacial score (nSPS) is 36.0. The lowest BCUT2D eigenvalue weighted by Crippen LogP contribution is -2.48. The second kappa shape index (κ2) is 2.33. The summed E-state index contributed by atoms with van der Waals surface area (Å²) in [5.41, 5.74) is 0. The Morgan fingerprint density at radius 1 is 1.56 bits per heavy atom. The zero-order valence-corrected chi connectivity index (χ0v) is 4.87. The van der Waals surface area contributed by atoms with E-state index in [-0.39, 0.29) is 0 Å². The molecule has 0 unspecified atom stereocenters. The molecule has 4 nitrogen and oxygen atoms in total. The average molecular weight is 131 g/mol. The molecule has 0 radical (unpaired) electrons. The number of piperidine rings is 1. The van der Waals surface area contributed by atoms with Gasteiger partial charge in [-0.1, -0.05) is 0 Å². The lowest BCUT2D eigenvalue weighted by atomic mass is 10.1. The lowest BCUT2D eigenvalue weighted by Gasteiger charge is -2.22. The first-order chi connectivity index (χ1) is 4.22. The summed E-state index contributed by atoms with van der Waals surface area (Å²) in [6.07, 6.45) is -1.66. The van der Waals surface area contributed by atoms with Crippen LogP contribution in [0.1, 0.15) is 6.42 Å². The van der Waals surface area contributed by atoms with Gasteiger partial charge in [-0.25, -0.2) is 0 Å². The lowest BCUT2D eigenvalue weighted by molar-refractivity contribution is -0.138. The van der Waals surface area contributed by atoms with Gasteiger partial charge >= 0.3 is 0 Å². The van der Waals surface area contributed by atoms with E-state index in [2.05, 4.69) is 5.32 Å². The van der Waals surface area contributed by atoms with Crippen molar-refractivity contribution < 1.29 is 15.0 Å². The second-order valence-corrected chi connectivity index (χ2v) is 2.09. The van der Waals surface area contributed by atoms with Gasteiger partial charge in [0, 0.05) is 6.54 Å². The van der Waals surface area contributed by atoms with E-state index in [0.717, 1.165) is 0 Å². The number of hydrogen-bond acceptors (Lipinski definition) is 3. The van der Waals surface area contributed by atoms with Crippen molar-refractivity contribution in [1.82, 2.24) is 5.32 Å². The third-order valence-electron chi connectivity index (χ3n) is 1.37. The molecule has 1 rings (SSSR count). The molecule has 2 atom stereocenters. The van der Waals surface area contributed by atoms with Gasteiger partial charge < -0.3 is 15.5 Å². The van der Waals surface area contributed by atoms with Crippen LogP contribution in [-0.2, 0) is 4.79 Å². The molecular weight excluding hydrogens is 122 g/mol. The van der Waals surface area contributed by atoms with Gasteiger partial charge in [-0.3, -0.25) is 4.79 Å². The van der Waals surface area contributed by atoms with Gasteiger partial charge in [0.1, 0.15) is 0 Å². The first-order valence-corrected chi connectivity index (χ1v) is 2.85. The Morgan fingerprint density at radius 2 is 2.22 bits per heavy atom. The van der Waals surface area contributed by atoms with Crippen molar-refractivity contribution in [2.75, 3.05) is 6.54 Å². The van der Waals surface area contributed by atoms with Crippen LogP contribution in [0.25, 0.3) is 0 Å². The van der Waals surface area contributed by atoms with Crippen LogP contribution in [-0.4, -0.2) is 34.9 Å². The molecule has 1 aliphatic rings. The molecule has 0 bridgehead atoms. The minimum atomic E-state index is -1.22. The minimum Gasteiger partial charge on any atom is -0.390 e. The highest BCUT2D eigenvalue weighted by molar-refractivity contribution is 5.81. The highest BCUT2D eigenvalue weighted by Gasteiger charge is 2.27. The number of rotatable bonds is 0. The maximum Gasteiger partial charge on any atom is 0.251 e. The maximum atomic E-state index is 10.5. The second-order valence-electron chi connectivity index (χ2n) is 2.09. The number of aliphatic hydroxyl groups excluding tert-OH is 2. The van der Waals surface area contributed by atoms with Crippen molar-refractivity contribution in [3.05, 3.63) is 0 Å². The van der Waals surface area contributed by atoms with Crippen molar-refractivity contribution in [3.8, 4) is 0 Å². The Hall–Kier alpha value is -0.610. The summed E-state index contributed by atoms with van der Waals surface area (Å²) in [6, 6.07) is 0. The van der Waals surface area contributed by atoms with Crippen LogP contribution in [0.4, 0.5) is 0 Å². The van der Waals surface area contributed by atoms with E-state index in [1.807, 2.05) is 0 Å². The van der Waals surface area contributed by atoms with Crippen LogP contribution < -0.4 is 5.32 Å². The third kappa shape index (κ3) is 1.20. The van der Waals surface area contributed by atoms with Gasteiger partial charge in [-0.2, -0.15) is 0 Å². The Labute approximate surface area is 52.5 Å². The zero-order valence-electron chi connectivity index (χ0n) is 4.87. The summed E-state index contributed by atoms with van der Waals surface area (Å²) in [6.45, 7) is 0.455. The van der Waals surface area contributed by atoms with E-state index < -0.39 is 18.1 Å². The molecule has 0 saturated carbocycles. The van der Waals surface area contributed by atoms with E-state index in [4.69, 9.17) is 10.2 Å². The number of carbonyl (C=O) groups is 1. The first-order valence-electron chi connectivity index (χ1n) is 2.85. The minimum absolute atomic E-state index is 0.437. The SMILES string of the molecule is O=C1NCC[C@H](O)[C@H]1O. The van der Waals surface area contributed by atoms with Crippen molar-refractivity contribution in [3.63, 3.8) is 0 Å². The van der Waals surface area contributed by atoms with Gasteiger partial charge in [0.2, 0.25) is 0 Å². The molecule has 9 heavy (non-hydrogen) atoms. The molecule has 1 fully saturated rings. The van der Waals surface area contributed by atoms with Crippen molar-refractivity contribution >= 4 is 5.91 Å². The number of aliphatic hydroxyl groups is 2. The topological polar surface area (TPSA) is 69.6 Å². The molecule has 0 aliphatic carbocycles. The van der Waals surface area contributed by atoms with Gasteiger partial charge in [-0.05, 0) is 6.42 Å². The fourth-order valence-corrected chi connectivity index (χ4v) is 0.780. The molecule has 0 aromatic heterocycles. The van der Waals surface area contributed by atoms with E-state index in [1.165, 1.54) is 0 Å². The molecule has 0 aromatic carbocycles. The predicted octanol–water partition coefficient (Wildman–Crippen LogP) is -1.77. The van der Waals surface area contributed by atoms with E-state index >= 15 is 0 Å². The number of carbonyl (C=O) groups excluding carboxylic acids is 1. The quantitative estimate of drug-likeness (QED) is 0.364. The fourth-order valence-electron chi connectivity index (χ4n) is 0.780. The third-order valence-corrected chi connectivity index (χ3v) is 1.37. The molecule has 3 N–H and O–H groups in total. The number of amides is 1. The van der Waals surface area contributed by atoms with E-state index in [1.54, 1.807) is 0 Å². The highest BCUT2D eigenvalue weighted by atomic mass is 16.3. The van der Waals surface area contributed by atoms with Crippen LogP contribution >= 0.6 is 0 Å². The molecular formula is C5H9NO3. The van der Waals surface area contributed by atoms with Crippen molar-refractivity contribution in [2.24, 2.45) is 0 Å². The van der Waals surface area contributed by atoms with Gasteiger partial charge in [0.15, 0.2) is 6.10 Å². The smallest absolute Gasteiger partial charge is 0.251 e. The molecule has 1 aliphatic heterocycles. The van der Waals surface area contributed by atoms with Crippen LogP contribution in [0.2, 0.25) is 0 Å². The summed E-state index contributed by atoms with van der Waals surface area (Å²) in [5, 5.41) is 20.0. The maximum absolute atomic E-state index is 10.5. The first kappa shape index (κ1) is 6.51. The Bertz CT molecular complexity index is 125. The largest absolute Gasteiger partial charge is 0.390 e. The summed E-state index contributed by atoms with van der Waals surface area (Å²) in [7, 11) is 0. The van der Waals surface area contributed by atoms with Gasteiger partial charge in [0.25, 0.3) is 5.91 Å². The monoisotopic (exact) mass is 131 g/mol. The molecule has 0 aromatic rings. The van der Waals surface area contributed by atoms with Gasteiger partial charge in [0.05, 0.1) is 6.10 Å².